The van der Waals surface area contributed by atoms with E-state index < -0.39 is 0 Å². The minimum atomic E-state index is -0.263. The van der Waals surface area contributed by atoms with Gasteiger partial charge < -0.3 is 14.7 Å². The van der Waals surface area contributed by atoms with Crippen LogP contribution in [0.1, 0.15) is 11.6 Å². The molecule has 0 bridgehead atoms. The molecule has 3 nitrogen and oxygen atoms in total. The summed E-state index contributed by atoms with van der Waals surface area (Å²) in [4.78, 5) is 2.05. The lowest BCUT2D eigenvalue weighted by molar-refractivity contribution is -0.172. The Hall–Kier alpha value is -0.970. The molecule has 1 unspecified atom stereocenters. The van der Waals surface area contributed by atoms with E-state index in [2.05, 4.69) is 0 Å². The summed E-state index contributed by atoms with van der Waals surface area (Å²) < 4.78 is 18.2. The zero-order valence-corrected chi connectivity index (χ0v) is 10.2. The lowest BCUT2D eigenvalue weighted by atomic mass is 9.75. The second-order valence-electron chi connectivity index (χ2n) is 4.93. The van der Waals surface area contributed by atoms with Crippen LogP contribution >= 0.6 is 0 Å². The molecule has 1 N–H and O–H groups in total. The number of hydrogen-bond donors (Lipinski definition) is 1. The van der Waals surface area contributed by atoms with Crippen LogP contribution in [-0.2, 0) is 4.74 Å². The van der Waals surface area contributed by atoms with Crippen molar-refractivity contribution in [3.8, 4) is 0 Å². The highest BCUT2D eigenvalue weighted by Crippen LogP contribution is 2.42. The van der Waals surface area contributed by atoms with E-state index in [1.165, 1.54) is 12.1 Å². The standard InChI is InChI=1S/C13H18FNO2/c1-15(2)12(13(7-16)8-17-9-13)10-3-5-11(14)6-4-10/h3-6,12,16H,7-9H2,1-2H3. The van der Waals surface area contributed by atoms with Crippen LogP contribution in [0, 0.1) is 11.2 Å². The molecule has 0 spiro atoms. The summed E-state index contributed by atoms with van der Waals surface area (Å²) in [6.07, 6.45) is 0. The minimum Gasteiger partial charge on any atom is -0.396 e. The van der Waals surface area contributed by atoms with Crippen LogP contribution in [0.15, 0.2) is 24.3 Å². The second kappa shape index (κ2) is 4.72. The van der Waals surface area contributed by atoms with Crippen LogP contribution < -0.4 is 0 Å². The zero-order valence-electron chi connectivity index (χ0n) is 10.2. The lowest BCUT2D eigenvalue weighted by Gasteiger charge is -2.48. The van der Waals surface area contributed by atoms with E-state index in [1.807, 2.05) is 19.0 Å². The fourth-order valence-corrected chi connectivity index (χ4v) is 2.54. The van der Waals surface area contributed by atoms with Crippen molar-refractivity contribution in [2.24, 2.45) is 5.41 Å². The van der Waals surface area contributed by atoms with E-state index in [0.29, 0.717) is 13.2 Å². The van der Waals surface area contributed by atoms with Crippen molar-refractivity contribution < 1.29 is 14.2 Å². The van der Waals surface area contributed by atoms with Crippen LogP contribution in [-0.4, -0.2) is 43.9 Å². The van der Waals surface area contributed by atoms with Gasteiger partial charge in [-0.3, -0.25) is 0 Å². The molecule has 1 fully saturated rings. The van der Waals surface area contributed by atoms with Crippen molar-refractivity contribution in [3.63, 3.8) is 0 Å². The maximum atomic E-state index is 12.9. The second-order valence-corrected chi connectivity index (χ2v) is 4.93. The number of rotatable bonds is 4. The van der Waals surface area contributed by atoms with E-state index in [4.69, 9.17) is 4.74 Å². The molecule has 1 aliphatic rings. The van der Waals surface area contributed by atoms with Gasteiger partial charge in [-0.1, -0.05) is 12.1 Å². The van der Waals surface area contributed by atoms with Crippen molar-refractivity contribution in [2.75, 3.05) is 33.9 Å². The molecule has 0 radical (unpaired) electrons. The number of hydrogen-bond acceptors (Lipinski definition) is 3. The summed E-state index contributed by atoms with van der Waals surface area (Å²) >= 11 is 0. The quantitative estimate of drug-likeness (QED) is 0.863. The molecule has 1 aliphatic heterocycles. The Labute approximate surface area is 101 Å². The highest BCUT2D eigenvalue weighted by Gasteiger charge is 2.47. The molecule has 1 heterocycles. The Kier molecular flexibility index (Phi) is 3.47. The van der Waals surface area contributed by atoms with Gasteiger partial charge in [0.2, 0.25) is 0 Å². The molecule has 1 aromatic rings. The highest BCUT2D eigenvalue weighted by molar-refractivity contribution is 5.23. The monoisotopic (exact) mass is 239 g/mol. The average molecular weight is 239 g/mol. The number of aliphatic hydroxyl groups is 1. The molecule has 0 saturated carbocycles. The molecule has 17 heavy (non-hydrogen) atoms. The van der Waals surface area contributed by atoms with E-state index in [1.54, 1.807) is 12.1 Å². The molecule has 4 heteroatoms. The van der Waals surface area contributed by atoms with Gasteiger partial charge in [0.05, 0.1) is 25.2 Å². The first-order valence-electron chi connectivity index (χ1n) is 5.69. The van der Waals surface area contributed by atoms with Gasteiger partial charge in [-0.15, -0.1) is 0 Å². The number of ether oxygens (including phenoxy) is 1. The summed E-state index contributed by atoms with van der Waals surface area (Å²) in [6.45, 7) is 1.17. The predicted octanol–water partition coefficient (Wildman–Crippen LogP) is 1.44. The maximum absolute atomic E-state index is 12.9. The van der Waals surface area contributed by atoms with Gasteiger partial charge in [-0.25, -0.2) is 4.39 Å². The van der Waals surface area contributed by atoms with Crippen LogP contribution in [0.2, 0.25) is 0 Å². The van der Waals surface area contributed by atoms with E-state index in [0.717, 1.165) is 5.56 Å². The van der Waals surface area contributed by atoms with Crippen molar-refractivity contribution in [1.82, 2.24) is 4.90 Å². The highest BCUT2D eigenvalue weighted by atomic mass is 19.1. The van der Waals surface area contributed by atoms with Gasteiger partial charge in [0.25, 0.3) is 0 Å². The number of halogens is 1. The Morgan fingerprint density at radius 1 is 1.35 bits per heavy atom. The van der Waals surface area contributed by atoms with Gasteiger partial charge in [-0.05, 0) is 31.8 Å². The van der Waals surface area contributed by atoms with Crippen molar-refractivity contribution in [1.29, 1.82) is 0 Å². The lowest BCUT2D eigenvalue weighted by Crippen LogP contribution is -2.53. The average Bonchev–Trinajstić information content (AvgIpc) is 2.24. The zero-order chi connectivity index (χ0) is 12.5. The van der Waals surface area contributed by atoms with Crippen LogP contribution in [0.3, 0.4) is 0 Å². The molecule has 1 aromatic carbocycles. The van der Waals surface area contributed by atoms with Crippen LogP contribution in [0.4, 0.5) is 4.39 Å². The van der Waals surface area contributed by atoms with E-state index >= 15 is 0 Å². The molecule has 0 aliphatic carbocycles. The molecule has 1 saturated heterocycles. The van der Waals surface area contributed by atoms with Gasteiger partial charge in [0.1, 0.15) is 5.82 Å². The summed E-state index contributed by atoms with van der Waals surface area (Å²) in [6, 6.07) is 6.50. The first kappa shape index (κ1) is 12.5. The molecule has 0 aromatic heterocycles. The van der Waals surface area contributed by atoms with Crippen molar-refractivity contribution in [2.45, 2.75) is 6.04 Å². The SMILES string of the molecule is CN(C)C(c1ccc(F)cc1)C1(CO)COC1. The summed E-state index contributed by atoms with van der Waals surface area (Å²) in [5.41, 5.74) is 0.746. The third-order valence-electron chi connectivity index (χ3n) is 3.38. The first-order valence-corrected chi connectivity index (χ1v) is 5.69. The van der Waals surface area contributed by atoms with Crippen LogP contribution in [0.5, 0.6) is 0 Å². The van der Waals surface area contributed by atoms with E-state index in [-0.39, 0.29) is 23.9 Å². The van der Waals surface area contributed by atoms with Gasteiger partial charge in [-0.2, -0.15) is 0 Å². The molecular formula is C13H18FNO2. The maximum Gasteiger partial charge on any atom is 0.123 e. The van der Waals surface area contributed by atoms with Crippen molar-refractivity contribution >= 4 is 0 Å². The molecule has 2 rings (SSSR count). The topological polar surface area (TPSA) is 32.7 Å². The van der Waals surface area contributed by atoms with Gasteiger partial charge in [0, 0.05) is 6.04 Å². The van der Waals surface area contributed by atoms with Gasteiger partial charge in [0.15, 0.2) is 0 Å². The minimum absolute atomic E-state index is 0.0434. The largest absolute Gasteiger partial charge is 0.396 e. The van der Waals surface area contributed by atoms with E-state index in [9.17, 15) is 9.50 Å². The summed E-state index contributed by atoms with van der Waals surface area (Å²) in [5.74, 6) is -0.242. The van der Waals surface area contributed by atoms with Gasteiger partial charge >= 0.3 is 0 Å². The third-order valence-corrected chi connectivity index (χ3v) is 3.38. The molecular weight excluding hydrogens is 221 g/mol. The Morgan fingerprint density at radius 3 is 2.29 bits per heavy atom. The fourth-order valence-electron chi connectivity index (χ4n) is 2.54. The fraction of sp³-hybridized carbons (Fsp3) is 0.538. The number of nitrogens with zero attached hydrogens (tertiary/aromatic N) is 1. The third kappa shape index (κ3) is 2.20. The van der Waals surface area contributed by atoms with Crippen LogP contribution in [0.25, 0.3) is 0 Å². The number of aliphatic hydroxyl groups excluding tert-OH is 1. The molecule has 94 valence electrons. The first-order chi connectivity index (χ1) is 8.09. The Balaban J connectivity index is 2.32. The molecule has 0 amide bonds. The predicted molar refractivity (Wildman–Crippen MR) is 63.2 cm³/mol. The Morgan fingerprint density at radius 2 is 1.94 bits per heavy atom. The Bertz CT molecular complexity index is 368. The van der Waals surface area contributed by atoms with Crippen molar-refractivity contribution in [3.05, 3.63) is 35.6 Å². The molecule has 1 atom stereocenters. The normalized spacial score (nSPS) is 20.1. The summed E-state index contributed by atoms with van der Waals surface area (Å²) in [7, 11) is 3.92. The summed E-state index contributed by atoms with van der Waals surface area (Å²) in [5, 5.41) is 9.59. The number of benzene rings is 1. The smallest absolute Gasteiger partial charge is 0.123 e.